The van der Waals surface area contributed by atoms with Crippen LogP contribution in [0.1, 0.15) is 85.0 Å². The lowest BCUT2D eigenvalue weighted by atomic mass is 9.85. The van der Waals surface area contributed by atoms with E-state index in [1.54, 1.807) is 28.5 Å². The van der Waals surface area contributed by atoms with Crippen molar-refractivity contribution in [1.82, 2.24) is 14.4 Å². The maximum atomic E-state index is 14.2. The smallest absolute Gasteiger partial charge is 0.415 e. The number of rotatable bonds is 9. The number of hydrogen-bond acceptors (Lipinski definition) is 10. The van der Waals surface area contributed by atoms with Gasteiger partial charge in [-0.25, -0.2) is 19.2 Å². The first kappa shape index (κ1) is 37.2. The number of hydrogen-bond donors (Lipinski definition) is 1. The van der Waals surface area contributed by atoms with Crippen molar-refractivity contribution in [2.45, 2.75) is 83.6 Å². The number of fused-ring (bicyclic) bond motifs is 5. The van der Waals surface area contributed by atoms with E-state index >= 15 is 0 Å². The van der Waals surface area contributed by atoms with Gasteiger partial charge < -0.3 is 38.4 Å². The van der Waals surface area contributed by atoms with E-state index in [-0.39, 0.29) is 47.1 Å². The Hall–Kier alpha value is -5.69. The molecule has 5 heterocycles. The zero-order valence-electron chi connectivity index (χ0n) is 31.6. The summed E-state index contributed by atoms with van der Waals surface area (Å²) in [5, 5.41) is 11.0. The number of carbonyl (C=O) groups excluding carboxylic acids is 3. The molecule has 2 saturated heterocycles. The van der Waals surface area contributed by atoms with E-state index in [1.807, 2.05) is 25.1 Å². The number of cyclic esters (lactones) is 1. The quantitative estimate of drug-likeness (QED) is 0.175. The lowest BCUT2D eigenvalue weighted by Gasteiger charge is -2.39. The molecule has 2 fully saturated rings. The van der Waals surface area contributed by atoms with E-state index in [2.05, 4.69) is 4.90 Å². The Kier molecular flexibility index (Phi) is 10.0. The molecule has 1 amide bonds. The highest BCUT2D eigenvalue weighted by Crippen LogP contribution is 2.43. The fraction of sp³-hybridized carbons (Fsp3) is 0.419. The van der Waals surface area contributed by atoms with E-state index in [0.717, 1.165) is 53.4 Å². The normalized spacial score (nSPS) is 19.5. The van der Waals surface area contributed by atoms with Gasteiger partial charge in [0.2, 0.25) is 5.60 Å². The summed E-state index contributed by atoms with van der Waals surface area (Å²) in [7, 11) is 0. The van der Waals surface area contributed by atoms with Gasteiger partial charge >= 0.3 is 24.0 Å². The first-order valence-corrected chi connectivity index (χ1v) is 19.5. The van der Waals surface area contributed by atoms with Crippen molar-refractivity contribution < 1.29 is 43.2 Å². The molecule has 8 rings (SSSR count). The number of aryl methyl sites for hydroxylation is 1. The number of ether oxygens (including phenoxy) is 4. The second kappa shape index (κ2) is 15.1. The number of benzene rings is 3. The average molecular weight is 764 g/mol. The van der Waals surface area contributed by atoms with E-state index in [4.69, 9.17) is 24.1 Å². The number of aromatic carboxylic acids is 1. The van der Waals surface area contributed by atoms with Crippen molar-refractivity contribution >= 4 is 34.8 Å². The summed E-state index contributed by atoms with van der Waals surface area (Å²) in [6, 6.07) is 15.4. The number of amides is 1. The van der Waals surface area contributed by atoms with Crippen molar-refractivity contribution in [2.24, 2.45) is 0 Å². The number of carbonyl (C=O) groups is 4. The van der Waals surface area contributed by atoms with Crippen LogP contribution in [0.4, 0.5) is 4.79 Å². The molecule has 4 aliphatic heterocycles. The molecule has 0 bridgehead atoms. The molecule has 56 heavy (non-hydrogen) atoms. The lowest BCUT2D eigenvalue weighted by molar-refractivity contribution is -0.190. The zero-order chi connectivity index (χ0) is 39.1. The van der Waals surface area contributed by atoms with Crippen molar-refractivity contribution in [3.8, 4) is 22.8 Å². The second-order valence-electron chi connectivity index (χ2n) is 15.0. The van der Waals surface area contributed by atoms with E-state index in [1.165, 1.54) is 43.5 Å². The van der Waals surface area contributed by atoms with Crippen LogP contribution in [0.15, 0.2) is 59.4 Å². The Morgan fingerprint density at radius 3 is 2.32 bits per heavy atom. The summed E-state index contributed by atoms with van der Waals surface area (Å²) in [6.45, 7) is 6.84. The standard InChI is InChI=1S/C43H45N3O10/c1-3-31-32-21-30(55-42(52)45-18-14-28(15-19-45)44-16-6-5-7-17-44)13-10-27(32)20-33-34(31)23-46-37(33)22-36-35(39(46)48)24-54-41(51)43(36,4-2)56-38(47)25-53-29-11-8-26(9-12-29)40(49)50/h8-13,20-22,28H,3-7,14-19,23-25H2,1-2H3,(H,49,50). The SMILES string of the molecule is CCc1c2c(cc3ccc(OC(=O)N4CCC(N5CCCCC5)CC4)cc13)-c1cc3c(c(=O)n1C2)COC(=O)C3(CC)OC(=O)COc1ccc(C(=O)O)cc1. The van der Waals surface area contributed by atoms with Crippen molar-refractivity contribution in [3.05, 3.63) is 92.8 Å². The van der Waals surface area contributed by atoms with E-state index in [9.17, 15) is 24.0 Å². The second-order valence-corrected chi connectivity index (χ2v) is 15.0. The minimum absolute atomic E-state index is 0.00349. The predicted octanol–water partition coefficient (Wildman–Crippen LogP) is 6.02. The third-order valence-electron chi connectivity index (χ3n) is 11.9. The minimum Gasteiger partial charge on any atom is -0.482 e. The van der Waals surface area contributed by atoms with Gasteiger partial charge in [-0.3, -0.25) is 4.79 Å². The summed E-state index contributed by atoms with van der Waals surface area (Å²) in [4.78, 5) is 69.8. The van der Waals surface area contributed by atoms with Crippen LogP contribution >= 0.6 is 0 Å². The van der Waals surface area contributed by atoms with E-state index < -0.39 is 30.1 Å². The summed E-state index contributed by atoms with van der Waals surface area (Å²) in [5.41, 5.74) is 1.76. The largest absolute Gasteiger partial charge is 0.482 e. The Labute approximate surface area is 323 Å². The molecule has 4 aliphatic rings. The first-order valence-electron chi connectivity index (χ1n) is 19.5. The molecule has 292 valence electrons. The topological polar surface area (TPSA) is 154 Å². The number of esters is 2. The van der Waals surface area contributed by atoms with Gasteiger partial charge in [0.05, 0.1) is 23.4 Å². The molecule has 0 radical (unpaired) electrons. The van der Waals surface area contributed by atoms with Crippen LogP contribution in [0.5, 0.6) is 11.5 Å². The number of carboxylic acid groups (broad SMARTS) is 1. The molecule has 0 aliphatic carbocycles. The average Bonchev–Trinajstić information content (AvgIpc) is 3.59. The maximum absolute atomic E-state index is 14.2. The van der Waals surface area contributed by atoms with E-state index in [0.29, 0.717) is 43.5 Å². The summed E-state index contributed by atoms with van der Waals surface area (Å²) in [5.74, 6) is -2.04. The Balaban J connectivity index is 1.04. The van der Waals surface area contributed by atoms with Crippen molar-refractivity contribution in [1.29, 1.82) is 0 Å². The first-order chi connectivity index (χ1) is 27.1. The number of aromatic nitrogens is 1. The summed E-state index contributed by atoms with van der Waals surface area (Å²) >= 11 is 0. The number of piperidine rings is 2. The van der Waals surface area contributed by atoms with Gasteiger partial charge in [0.15, 0.2) is 6.61 Å². The monoisotopic (exact) mass is 763 g/mol. The number of pyridine rings is 1. The van der Waals surface area contributed by atoms with Gasteiger partial charge in [-0.05, 0) is 122 Å². The van der Waals surface area contributed by atoms with Crippen LogP contribution in [0, 0.1) is 0 Å². The van der Waals surface area contributed by atoms with Crippen LogP contribution < -0.4 is 15.0 Å². The van der Waals surface area contributed by atoms with Crippen molar-refractivity contribution in [3.63, 3.8) is 0 Å². The molecule has 13 heteroatoms. The summed E-state index contributed by atoms with van der Waals surface area (Å²) < 4.78 is 24.5. The highest BCUT2D eigenvalue weighted by molar-refractivity contribution is 5.95. The fourth-order valence-electron chi connectivity index (χ4n) is 8.88. The van der Waals surface area contributed by atoms with Crippen LogP contribution in [0.2, 0.25) is 0 Å². The molecule has 1 unspecified atom stereocenters. The number of carboxylic acids is 1. The molecule has 1 N–H and O–H groups in total. The van der Waals surface area contributed by atoms with Gasteiger partial charge in [-0.1, -0.05) is 26.3 Å². The highest BCUT2D eigenvalue weighted by atomic mass is 16.6. The molecule has 0 saturated carbocycles. The van der Waals surface area contributed by atoms with Crippen LogP contribution in [0.3, 0.4) is 0 Å². The maximum Gasteiger partial charge on any atom is 0.415 e. The Bertz CT molecular complexity index is 2290. The van der Waals surface area contributed by atoms with Gasteiger partial charge in [0.1, 0.15) is 18.1 Å². The van der Waals surface area contributed by atoms with Gasteiger partial charge in [-0.2, -0.15) is 0 Å². The van der Waals surface area contributed by atoms with Crippen molar-refractivity contribution in [2.75, 3.05) is 32.8 Å². The zero-order valence-corrected chi connectivity index (χ0v) is 31.6. The molecule has 0 spiro atoms. The third-order valence-corrected chi connectivity index (χ3v) is 11.9. The van der Waals surface area contributed by atoms with Crippen LogP contribution in [0.25, 0.3) is 22.0 Å². The van der Waals surface area contributed by atoms with Crippen LogP contribution in [-0.2, 0) is 44.2 Å². The summed E-state index contributed by atoms with van der Waals surface area (Å²) in [6.07, 6.45) is 6.01. The number of nitrogens with zero attached hydrogens (tertiary/aromatic N) is 3. The molecular weight excluding hydrogens is 718 g/mol. The van der Waals surface area contributed by atoms with Crippen LogP contribution in [-0.4, -0.2) is 82.3 Å². The van der Waals surface area contributed by atoms with Gasteiger partial charge in [0.25, 0.3) is 5.56 Å². The molecule has 3 aromatic carbocycles. The minimum atomic E-state index is -1.88. The third kappa shape index (κ3) is 6.67. The lowest BCUT2D eigenvalue weighted by Crippen LogP contribution is -2.48. The predicted molar refractivity (Wildman–Crippen MR) is 205 cm³/mol. The van der Waals surface area contributed by atoms with Gasteiger partial charge in [-0.15, -0.1) is 0 Å². The molecular formula is C43H45N3O10. The van der Waals surface area contributed by atoms with Gasteiger partial charge in [0, 0.05) is 30.3 Å². The molecule has 1 aromatic heterocycles. The highest BCUT2D eigenvalue weighted by Gasteiger charge is 2.50. The Morgan fingerprint density at radius 1 is 0.893 bits per heavy atom. The Morgan fingerprint density at radius 2 is 1.62 bits per heavy atom. The number of likely N-dealkylation sites (tertiary alicyclic amines) is 2. The molecule has 13 nitrogen and oxygen atoms in total. The molecule has 1 atom stereocenters. The fourth-order valence-corrected chi connectivity index (χ4v) is 8.88. The molecule has 4 aromatic rings.